The lowest BCUT2D eigenvalue weighted by atomic mass is 10.2. The van der Waals surface area contributed by atoms with Crippen LogP contribution in [0.25, 0.3) is 5.69 Å². The van der Waals surface area contributed by atoms with E-state index in [4.69, 9.17) is 4.74 Å². The van der Waals surface area contributed by atoms with Gasteiger partial charge in [-0.25, -0.2) is 22.4 Å². The third kappa shape index (κ3) is 5.99. The highest BCUT2D eigenvalue weighted by Crippen LogP contribution is 2.40. The molecule has 3 heterocycles. The highest BCUT2D eigenvalue weighted by molar-refractivity contribution is 8.01. The number of alkyl halides is 1. The smallest absolute Gasteiger partial charge is 0.410 e. The summed E-state index contributed by atoms with van der Waals surface area (Å²) in [6.07, 6.45) is -1.58. The second-order valence-corrected chi connectivity index (χ2v) is 14.5. The van der Waals surface area contributed by atoms with Crippen LogP contribution in [0.1, 0.15) is 43.3 Å². The number of hydrogen-bond donors (Lipinski definition) is 1. The maximum absolute atomic E-state index is 14.4. The van der Waals surface area contributed by atoms with Crippen molar-refractivity contribution in [2.75, 3.05) is 17.0 Å². The number of carbonyl (C=O) groups excluding carboxylic acids is 1. The molecule has 0 spiro atoms. The number of anilines is 1. The topological polar surface area (TPSA) is 111 Å². The van der Waals surface area contributed by atoms with Gasteiger partial charge in [0.2, 0.25) is 0 Å². The van der Waals surface area contributed by atoms with E-state index >= 15 is 0 Å². The Kier molecular flexibility index (Phi) is 7.84. The number of imidazole rings is 1. The number of ether oxygens (including phenoxy) is 1. The Morgan fingerprint density at radius 2 is 1.89 bits per heavy atom. The lowest BCUT2D eigenvalue weighted by Gasteiger charge is -2.28. The first-order chi connectivity index (χ1) is 17.7. The quantitative estimate of drug-likeness (QED) is 0.412. The predicted octanol–water partition coefficient (Wildman–Crippen LogP) is 4.90. The van der Waals surface area contributed by atoms with Gasteiger partial charge in [-0.2, -0.15) is 4.98 Å². The van der Waals surface area contributed by atoms with Gasteiger partial charge in [0.05, 0.1) is 15.6 Å². The summed E-state index contributed by atoms with van der Waals surface area (Å²) in [6.45, 7) is 10.7. The summed E-state index contributed by atoms with van der Waals surface area (Å²) in [7, 11) is -4.01. The Bertz CT molecular complexity index is 1480. The normalized spacial score (nSPS) is 18.2. The van der Waals surface area contributed by atoms with Crippen molar-refractivity contribution < 1.29 is 22.3 Å². The number of rotatable bonds is 6. The number of nitrogens with zero attached hydrogens (tertiary/aromatic N) is 3. The van der Waals surface area contributed by atoms with Gasteiger partial charge >= 0.3 is 11.8 Å². The molecule has 0 aromatic heterocycles. The number of fused-ring (bicyclic) bond motifs is 1. The molecule has 0 aliphatic carbocycles. The van der Waals surface area contributed by atoms with E-state index in [2.05, 4.69) is 9.71 Å². The summed E-state index contributed by atoms with van der Waals surface area (Å²) in [4.78, 5) is 31.9. The number of hydrogen-bond acceptors (Lipinski definition) is 8. The van der Waals surface area contributed by atoms with Crippen molar-refractivity contribution in [1.82, 2.24) is 14.5 Å². The van der Waals surface area contributed by atoms with Gasteiger partial charge in [0.15, 0.2) is 5.82 Å². The van der Waals surface area contributed by atoms with Crippen LogP contribution in [0.4, 0.5) is 15.0 Å². The monoisotopic (exact) mass is 582 g/mol. The van der Waals surface area contributed by atoms with Crippen LogP contribution in [0, 0.1) is 20.8 Å². The van der Waals surface area contributed by atoms with Gasteiger partial charge < -0.3 is 9.64 Å². The molecule has 4 rings (SSSR count). The fourth-order valence-electron chi connectivity index (χ4n) is 4.12. The summed E-state index contributed by atoms with van der Waals surface area (Å²) in [5.74, 6) is 0.258. The summed E-state index contributed by atoms with van der Waals surface area (Å²) >= 11 is 2.72. The molecule has 1 aromatic carbocycles. The van der Waals surface area contributed by atoms with Gasteiger partial charge in [0.1, 0.15) is 17.5 Å². The number of thioether (sulfide) groups is 1. The molecule has 0 radical (unpaired) electrons. The number of carbonyl (C=O) groups is 1. The number of likely N-dealkylation sites (tertiary alicyclic amines) is 1. The number of amides is 1. The Labute approximate surface area is 229 Å². The second-order valence-electron chi connectivity index (χ2n) is 10.3. The fraction of sp³-hybridized carbons (Fsp3) is 0.480. The maximum atomic E-state index is 14.4. The number of nitrogens with one attached hydrogen (secondary N) is 1. The second kappa shape index (κ2) is 10.5. The molecule has 206 valence electrons. The SMILES string of the molecule is Cc1ccc(S(=O)(=O)Nc2nc(=O)n3c(C)c(C)sc(SC[C@@H]4C[C@@H](F)CN4C(=O)OC(C)(C)C)c2-3)cc1. The summed E-state index contributed by atoms with van der Waals surface area (Å²) in [6, 6.07) is 5.92. The lowest BCUT2D eigenvalue weighted by Crippen LogP contribution is -2.41. The van der Waals surface area contributed by atoms with Gasteiger partial charge in [0.25, 0.3) is 10.0 Å². The molecule has 0 unspecified atom stereocenters. The van der Waals surface area contributed by atoms with Crippen LogP contribution in [-0.2, 0) is 14.8 Å². The molecule has 1 fully saturated rings. The van der Waals surface area contributed by atoms with E-state index in [1.165, 1.54) is 44.7 Å². The number of halogens is 1. The van der Waals surface area contributed by atoms with E-state index in [1.807, 2.05) is 13.8 Å². The zero-order chi connectivity index (χ0) is 28.0. The van der Waals surface area contributed by atoms with E-state index in [-0.39, 0.29) is 23.7 Å². The van der Waals surface area contributed by atoms with Crippen LogP contribution in [0.15, 0.2) is 38.2 Å². The van der Waals surface area contributed by atoms with E-state index in [1.54, 1.807) is 39.8 Å². The maximum Gasteiger partial charge on any atom is 0.410 e. The molecule has 0 bridgehead atoms. The number of benzene rings is 1. The lowest BCUT2D eigenvalue weighted by molar-refractivity contribution is 0.0233. The highest BCUT2D eigenvalue weighted by Gasteiger charge is 2.38. The third-order valence-corrected chi connectivity index (χ3v) is 10.0. The Hall–Kier alpha value is -2.64. The molecule has 1 N–H and O–H groups in total. The van der Waals surface area contributed by atoms with Gasteiger partial charge in [0, 0.05) is 28.8 Å². The van der Waals surface area contributed by atoms with Crippen molar-refractivity contribution in [1.29, 1.82) is 0 Å². The molecular weight excluding hydrogens is 551 g/mol. The molecule has 1 amide bonds. The third-order valence-electron chi connectivity index (χ3n) is 6.09. The summed E-state index contributed by atoms with van der Waals surface area (Å²) in [5, 5.41) is 0. The molecule has 9 nitrogen and oxygen atoms in total. The zero-order valence-corrected chi connectivity index (χ0v) is 24.5. The molecule has 3 aliphatic heterocycles. The first kappa shape index (κ1) is 28.4. The van der Waals surface area contributed by atoms with Crippen LogP contribution in [-0.4, -0.2) is 59.1 Å². The van der Waals surface area contributed by atoms with Crippen LogP contribution in [0.5, 0.6) is 0 Å². The average molecular weight is 583 g/mol. The highest BCUT2D eigenvalue weighted by atomic mass is 32.2. The van der Waals surface area contributed by atoms with Gasteiger partial charge in [-0.3, -0.25) is 9.29 Å². The fourth-order valence-corrected chi connectivity index (χ4v) is 7.73. The molecule has 3 aliphatic rings. The first-order valence-electron chi connectivity index (χ1n) is 12.0. The number of sulfonamides is 1. The van der Waals surface area contributed by atoms with Crippen molar-refractivity contribution in [3.63, 3.8) is 0 Å². The van der Waals surface area contributed by atoms with Crippen molar-refractivity contribution in [3.05, 3.63) is 50.9 Å². The predicted molar refractivity (Wildman–Crippen MR) is 147 cm³/mol. The van der Waals surface area contributed by atoms with Crippen LogP contribution in [0.3, 0.4) is 0 Å². The van der Waals surface area contributed by atoms with E-state index < -0.39 is 39.6 Å². The molecule has 38 heavy (non-hydrogen) atoms. The van der Waals surface area contributed by atoms with Gasteiger partial charge in [-0.05, 0) is 53.7 Å². The van der Waals surface area contributed by atoms with Gasteiger partial charge in [-0.15, -0.1) is 23.1 Å². The van der Waals surface area contributed by atoms with E-state index in [0.29, 0.717) is 21.3 Å². The zero-order valence-electron chi connectivity index (χ0n) is 22.1. The van der Waals surface area contributed by atoms with E-state index in [0.717, 1.165) is 10.4 Å². The largest absolute Gasteiger partial charge is 0.444 e. The minimum absolute atomic E-state index is 0.0476. The van der Waals surface area contributed by atoms with E-state index in [9.17, 15) is 22.4 Å². The molecule has 13 heteroatoms. The number of aromatic nitrogens is 2. The first-order valence-corrected chi connectivity index (χ1v) is 15.3. The molecule has 0 saturated carbocycles. The Morgan fingerprint density at radius 3 is 2.53 bits per heavy atom. The Balaban J connectivity index is 1.66. The van der Waals surface area contributed by atoms with Crippen molar-refractivity contribution in [3.8, 4) is 5.69 Å². The molecule has 1 saturated heterocycles. The standard InChI is InChI=1S/C25H31FN4O5S3/c1-14-7-9-19(10-8-14)38(33,34)28-21-20-22(37-16(3)15(2)30(20)23(31)27-21)36-13-18-11-17(26)12-29(18)24(32)35-25(4,5)6/h7-10,17-18H,11-13H2,1-6H3,(H,27,28,31)/t17-,18+/m1/s1. The van der Waals surface area contributed by atoms with Crippen molar-refractivity contribution >= 4 is 45.0 Å². The molecular formula is C25H31FN4O5S3. The Morgan fingerprint density at radius 1 is 1.24 bits per heavy atom. The minimum atomic E-state index is -4.01. The summed E-state index contributed by atoms with van der Waals surface area (Å²) in [5.41, 5.74) is 0.580. The van der Waals surface area contributed by atoms with Crippen molar-refractivity contribution in [2.45, 2.75) is 74.9 Å². The number of aryl methyl sites for hydroxylation is 2. The van der Waals surface area contributed by atoms with Crippen LogP contribution >= 0.6 is 23.1 Å². The molecule has 1 aromatic rings. The average Bonchev–Trinajstić information content (AvgIpc) is 3.33. The van der Waals surface area contributed by atoms with Crippen LogP contribution in [0.2, 0.25) is 0 Å². The van der Waals surface area contributed by atoms with Crippen LogP contribution < -0.4 is 10.4 Å². The minimum Gasteiger partial charge on any atom is -0.444 e. The summed E-state index contributed by atoms with van der Waals surface area (Å²) < 4.78 is 50.5. The van der Waals surface area contributed by atoms with Gasteiger partial charge in [-0.1, -0.05) is 17.7 Å². The van der Waals surface area contributed by atoms with Crippen molar-refractivity contribution in [2.24, 2.45) is 0 Å². The molecule has 2 atom stereocenters.